The molecule has 0 unspecified atom stereocenters. The van der Waals surface area contributed by atoms with E-state index in [1.54, 1.807) is 29.8 Å². The van der Waals surface area contributed by atoms with Crippen molar-refractivity contribution in [1.82, 2.24) is 15.3 Å². The third-order valence-corrected chi connectivity index (χ3v) is 3.54. The van der Waals surface area contributed by atoms with Gasteiger partial charge in [0.2, 0.25) is 0 Å². The maximum absolute atomic E-state index is 5.85. The maximum atomic E-state index is 5.85. The van der Waals surface area contributed by atoms with Crippen LogP contribution in [-0.2, 0) is 13.2 Å². The highest BCUT2D eigenvalue weighted by molar-refractivity contribution is 7.09. The number of ether oxygens (including phenoxy) is 1. The van der Waals surface area contributed by atoms with E-state index in [0.29, 0.717) is 17.4 Å². The van der Waals surface area contributed by atoms with Crippen molar-refractivity contribution < 1.29 is 4.74 Å². The average Bonchev–Trinajstić information content (AvgIpc) is 2.81. The Balaban J connectivity index is 1.87. The lowest BCUT2D eigenvalue weighted by molar-refractivity contribution is 0.300. The van der Waals surface area contributed by atoms with Crippen molar-refractivity contribution in [3.63, 3.8) is 0 Å². The summed E-state index contributed by atoms with van der Waals surface area (Å²) in [6.07, 6.45) is 3.22. The monoisotopic (exact) mass is 311 g/mol. The Morgan fingerprint density at radius 2 is 2.15 bits per heavy atom. The summed E-state index contributed by atoms with van der Waals surface area (Å²) >= 11 is 7.48. The zero-order chi connectivity index (χ0) is 14.6. The Labute approximate surface area is 128 Å². The number of nitrogens with zero attached hydrogens (tertiary/aromatic N) is 2. The smallest absolute Gasteiger partial charge is 0.139 e. The zero-order valence-corrected chi connectivity index (χ0v) is 13.4. The number of rotatable bonds is 5. The lowest BCUT2D eigenvalue weighted by atomic mass is 10.1. The molecule has 0 aliphatic heterocycles. The first-order chi connectivity index (χ1) is 9.42. The molecule has 6 heteroatoms. The molecular formula is C14H18ClN3OS. The third kappa shape index (κ3) is 5.07. The van der Waals surface area contributed by atoms with Crippen LogP contribution in [0.1, 0.15) is 31.5 Å². The van der Waals surface area contributed by atoms with E-state index < -0.39 is 0 Å². The van der Waals surface area contributed by atoms with Gasteiger partial charge in [-0.3, -0.25) is 4.98 Å². The molecular weight excluding hydrogens is 294 g/mol. The summed E-state index contributed by atoms with van der Waals surface area (Å²) in [4.78, 5) is 8.50. The van der Waals surface area contributed by atoms with Crippen LogP contribution >= 0.6 is 22.9 Å². The fourth-order valence-electron chi connectivity index (χ4n) is 1.47. The van der Waals surface area contributed by atoms with Crippen LogP contribution in [0.25, 0.3) is 0 Å². The summed E-state index contributed by atoms with van der Waals surface area (Å²) in [5, 5.41) is 7.05. The zero-order valence-electron chi connectivity index (χ0n) is 11.8. The van der Waals surface area contributed by atoms with E-state index >= 15 is 0 Å². The van der Waals surface area contributed by atoms with E-state index in [9.17, 15) is 0 Å². The van der Waals surface area contributed by atoms with Gasteiger partial charge in [-0.05, 0) is 20.8 Å². The molecule has 0 saturated heterocycles. The van der Waals surface area contributed by atoms with E-state index in [4.69, 9.17) is 16.3 Å². The third-order valence-electron chi connectivity index (χ3n) is 2.44. The van der Waals surface area contributed by atoms with Gasteiger partial charge in [0.15, 0.2) is 0 Å². The highest BCUT2D eigenvalue weighted by Crippen LogP contribution is 2.17. The van der Waals surface area contributed by atoms with Gasteiger partial charge in [0, 0.05) is 29.7 Å². The molecule has 0 bridgehead atoms. The molecule has 0 fully saturated rings. The SMILES string of the molecule is CC(C)(C)NCc1nc(COc2cncc(Cl)c2)cs1. The van der Waals surface area contributed by atoms with Gasteiger partial charge in [-0.2, -0.15) is 0 Å². The molecule has 0 spiro atoms. The van der Waals surface area contributed by atoms with E-state index in [0.717, 1.165) is 17.2 Å². The minimum absolute atomic E-state index is 0.0921. The summed E-state index contributed by atoms with van der Waals surface area (Å²) in [6, 6.07) is 1.74. The van der Waals surface area contributed by atoms with Crippen molar-refractivity contribution >= 4 is 22.9 Å². The van der Waals surface area contributed by atoms with Gasteiger partial charge in [0.25, 0.3) is 0 Å². The van der Waals surface area contributed by atoms with Crippen LogP contribution in [0.4, 0.5) is 0 Å². The number of aromatic nitrogens is 2. The molecule has 0 aromatic carbocycles. The van der Waals surface area contributed by atoms with Crippen molar-refractivity contribution in [2.24, 2.45) is 0 Å². The van der Waals surface area contributed by atoms with Crippen molar-refractivity contribution in [3.8, 4) is 5.75 Å². The van der Waals surface area contributed by atoms with Crippen LogP contribution in [0.2, 0.25) is 5.02 Å². The van der Waals surface area contributed by atoms with Crippen LogP contribution in [0, 0.1) is 0 Å². The Bertz CT molecular complexity index is 566. The molecule has 0 aliphatic carbocycles. The van der Waals surface area contributed by atoms with Gasteiger partial charge in [0.1, 0.15) is 17.4 Å². The molecule has 0 amide bonds. The lowest BCUT2D eigenvalue weighted by Crippen LogP contribution is -2.35. The van der Waals surface area contributed by atoms with Crippen LogP contribution < -0.4 is 10.1 Å². The standard InChI is InChI=1S/C14H18ClN3OS/c1-14(2,3)17-7-13-18-11(9-20-13)8-19-12-4-10(15)5-16-6-12/h4-6,9,17H,7-8H2,1-3H3. The number of nitrogens with one attached hydrogen (secondary N) is 1. The normalized spacial score (nSPS) is 11.6. The molecule has 2 aromatic rings. The number of hydrogen-bond donors (Lipinski definition) is 1. The fourth-order valence-corrected chi connectivity index (χ4v) is 2.35. The van der Waals surface area contributed by atoms with Crippen LogP contribution in [-0.4, -0.2) is 15.5 Å². The van der Waals surface area contributed by atoms with Gasteiger partial charge >= 0.3 is 0 Å². The van der Waals surface area contributed by atoms with Crippen molar-refractivity contribution in [2.75, 3.05) is 0 Å². The molecule has 0 radical (unpaired) electrons. The average molecular weight is 312 g/mol. The van der Waals surface area contributed by atoms with Crippen LogP contribution in [0.5, 0.6) is 5.75 Å². The highest BCUT2D eigenvalue weighted by atomic mass is 35.5. The molecule has 2 heterocycles. The molecule has 2 aromatic heterocycles. The first-order valence-electron chi connectivity index (χ1n) is 6.34. The number of thiazole rings is 1. The van der Waals surface area contributed by atoms with E-state index in [2.05, 4.69) is 36.1 Å². The number of halogens is 1. The molecule has 0 aliphatic rings. The summed E-state index contributed by atoms with van der Waals surface area (Å²) in [7, 11) is 0. The highest BCUT2D eigenvalue weighted by Gasteiger charge is 2.10. The van der Waals surface area contributed by atoms with Gasteiger partial charge < -0.3 is 10.1 Å². The second-order valence-corrected chi connectivity index (χ2v) is 6.84. The first kappa shape index (κ1) is 15.2. The van der Waals surface area contributed by atoms with Crippen molar-refractivity contribution in [1.29, 1.82) is 0 Å². The fraction of sp³-hybridized carbons (Fsp3) is 0.429. The Hall–Kier alpha value is -1.17. The molecule has 108 valence electrons. The van der Waals surface area contributed by atoms with Crippen molar-refractivity contribution in [3.05, 3.63) is 39.6 Å². The summed E-state index contributed by atoms with van der Waals surface area (Å²) in [5.74, 6) is 0.653. The van der Waals surface area contributed by atoms with Gasteiger partial charge in [0.05, 0.1) is 16.9 Å². The summed E-state index contributed by atoms with van der Waals surface area (Å²) in [5.41, 5.74) is 1.01. The van der Waals surface area contributed by atoms with Crippen molar-refractivity contribution in [2.45, 2.75) is 39.5 Å². The number of hydrogen-bond acceptors (Lipinski definition) is 5. The summed E-state index contributed by atoms with van der Waals surface area (Å²) < 4.78 is 5.61. The largest absolute Gasteiger partial charge is 0.486 e. The quantitative estimate of drug-likeness (QED) is 0.915. The first-order valence-corrected chi connectivity index (χ1v) is 7.60. The molecule has 4 nitrogen and oxygen atoms in total. The molecule has 2 rings (SSSR count). The summed E-state index contributed by atoms with van der Waals surface area (Å²) in [6.45, 7) is 7.60. The van der Waals surface area contributed by atoms with Gasteiger partial charge in [-0.15, -0.1) is 11.3 Å². The molecule has 0 atom stereocenters. The minimum atomic E-state index is 0.0921. The lowest BCUT2D eigenvalue weighted by Gasteiger charge is -2.19. The predicted molar refractivity (Wildman–Crippen MR) is 82.3 cm³/mol. The molecule has 1 N–H and O–H groups in total. The second kappa shape index (κ2) is 6.52. The van der Waals surface area contributed by atoms with Gasteiger partial charge in [-0.1, -0.05) is 11.6 Å². The van der Waals surface area contributed by atoms with E-state index in [1.807, 2.05) is 5.38 Å². The van der Waals surface area contributed by atoms with Crippen LogP contribution in [0.3, 0.4) is 0 Å². The molecule has 0 saturated carbocycles. The Morgan fingerprint density at radius 1 is 1.35 bits per heavy atom. The van der Waals surface area contributed by atoms with E-state index in [-0.39, 0.29) is 5.54 Å². The Kier molecular flexibility index (Phi) is 4.96. The Morgan fingerprint density at radius 3 is 2.85 bits per heavy atom. The van der Waals surface area contributed by atoms with Gasteiger partial charge in [-0.25, -0.2) is 4.98 Å². The predicted octanol–water partition coefficient (Wildman–Crippen LogP) is 3.66. The van der Waals surface area contributed by atoms with E-state index in [1.165, 1.54) is 0 Å². The topological polar surface area (TPSA) is 47.0 Å². The minimum Gasteiger partial charge on any atom is -0.486 e. The van der Waals surface area contributed by atoms with Crippen LogP contribution in [0.15, 0.2) is 23.8 Å². The maximum Gasteiger partial charge on any atom is 0.139 e. The second-order valence-electron chi connectivity index (χ2n) is 5.46. The number of pyridine rings is 1. The molecule has 20 heavy (non-hydrogen) atoms.